The molecule has 1 aromatic rings. The van der Waals surface area contributed by atoms with Gasteiger partial charge in [0.15, 0.2) is 0 Å². The number of rotatable bonds is 3. The summed E-state index contributed by atoms with van der Waals surface area (Å²) in [7, 11) is 0. The molecule has 1 heterocycles. The highest BCUT2D eigenvalue weighted by Crippen LogP contribution is 2.32. The minimum Gasteiger partial charge on any atom is -0.368 e. The van der Waals surface area contributed by atoms with Crippen LogP contribution >= 0.6 is 11.8 Å². The molecule has 1 aliphatic heterocycles. The Kier molecular flexibility index (Phi) is 3.45. The molecule has 1 amide bonds. The number of carbonyl (C=O) groups excluding carboxylic acids is 1. The van der Waals surface area contributed by atoms with Gasteiger partial charge in [-0.2, -0.15) is 11.8 Å². The third-order valence-corrected chi connectivity index (χ3v) is 4.21. The molecular formula is C13H18N2OS. The second-order valence-electron chi connectivity index (χ2n) is 4.90. The highest BCUT2D eigenvalue weighted by molar-refractivity contribution is 7.98. The molecule has 1 aliphatic rings. The van der Waals surface area contributed by atoms with Crippen LogP contribution in [0.3, 0.4) is 0 Å². The Bertz CT molecular complexity index is 431. The predicted molar refractivity (Wildman–Crippen MR) is 71.8 cm³/mol. The van der Waals surface area contributed by atoms with Crippen LogP contribution in [0.4, 0.5) is 0 Å². The molecule has 1 aromatic carbocycles. The average Bonchev–Trinajstić information content (AvgIpc) is 2.29. The molecule has 0 bridgehead atoms. The second-order valence-corrected chi connectivity index (χ2v) is 5.93. The maximum absolute atomic E-state index is 11.4. The van der Waals surface area contributed by atoms with Gasteiger partial charge in [-0.3, -0.25) is 10.1 Å². The van der Waals surface area contributed by atoms with Crippen molar-refractivity contribution in [3.05, 3.63) is 35.4 Å². The number of carbonyl (C=O) groups is 1. The van der Waals surface area contributed by atoms with Crippen molar-refractivity contribution in [1.29, 1.82) is 0 Å². The highest BCUT2D eigenvalue weighted by atomic mass is 32.2. The average molecular weight is 250 g/mol. The molecule has 0 saturated heterocycles. The van der Waals surface area contributed by atoms with Gasteiger partial charge in [0.2, 0.25) is 5.91 Å². The summed E-state index contributed by atoms with van der Waals surface area (Å²) in [6, 6.07) is 8.58. The number of hydrogen-bond acceptors (Lipinski definition) is 3. The van der Waals surface area contributed by atoms with Gasteiger partial charge in [0.05, 0.1) is 5.54 Å². The molecule has 4 heteroatoms. The summed E-state index contributed by atoms with van der Waals surface area (Å²) in [5, 5.41) is 3.36. The van der Waals surface area contributed by atoms with Crippen LogP contribution in [0.1, 0.15) is 31.0 Å². The van der Waals surface area contributed by atoms with Crippen molar-refractivity contribution in [3.63, 3.8) is 0 Å². The van der Waals surface area contributed by atoms with Gasteiger partial charge in [0.25, 0.3) is 0 Å². The topological polar surface area (TPSA) is 55.1 Å². The summed E-state index contributed by atoms with van der Waals surface area (Å²) in [6.45, 7) is 3.66. The fourth-order valence-electron chi connectivity index (χ4n) is 2.01. The van der Waals surface area contributed by atoms with E-state index < -0.39 is 5.54 Å². The van der Waals surface area contributed by atoms with Gasteiger partial charge in [0, 0.05) is 17.5 Å². The standard InChI is InChI=1S/C13H18N2OS/c1-13(2,12(14)16)15-11-8-17-7-9-5-3-4-6-10(9)11/h3-6,11,15H,7-8H2,1-2H3,(H2,14,16). The van der Waals surface area contributed by atoms with Crippen LogP contribution in [0.2, 0.25) is 0 Å². The molecule has 0 saturated carbocycles. The van der Waals surface area contributed by atoms with Crippen molar-refractivity contribution in [2.75, 3.05) is 5.75 Å². The molecule has 0 aliphatic carbocycles. The number of amides is 1. The number of hydrogen-bond donors (Lipinski definition) is 2. The number of primary amides is 1. The maximum atomic E-state index is 11.4. The molecule has 1 atom stereocenters. The Morgan fingerprint density at radius 3 is 2.88 bits per heavy atom. The summed E-state index contributed by atoms with van der Waals surface area (Å²) in [4.78, 5) is 11.4. The first-order chi connectivity index (χ1) is 8.00. The SMILES string of the molecule is CC(C)(NC1CSCc2ccccc21)C(N)=O. The fourth-order valence-corrected chi connectivity index (χ4v) is 3.11. The normalized spacial score (nSPS) is 19.8. The van der Waals surface area contributed by atoms with Gasteiger partial charge in [-0.25, -0.2) is 0 Å². The third kappa shape index (κ3) is 2.64. The van der Waals surface area contributed by atoms with Crippen LogP contribution in [0, 0.1) is 0 Å². The van der Waals surface area contributed by atoms with E-state index in [1.807, 2.05) is 31.7 Å². The Balaban J connectivity index is 2.22. The molecule has 1 unspecified atom stereocenters. The van der Waals surface area contributed by atoms with Crippen LogP contribution in [-0.2, 0) is 10.5 Å². The van der Waals surface area contributed by atoms with Gasteiger partial charge in [-0.15, -0.1) is 0 Å². The van der Waals surface area contributed by atoms with Gasteiger partial charge >= 0.3 is 0 Å². The molecule has 17 heavy (non-hydrogen) atoms. The molecule has 0 aromatic heterocycles. The predicted octanol–water partition coefficient (Wildman–Crippen LogP) is 1.83. The van der Waals surface area contributed by atoms with Crippen LogP contribution in [0.15, 0.2) is 24.3 Å². The maximum Gasteiger partial charge on any atom is 0.237 e. The monoisotopic (exact) mass is 250 g/mol. The molecule has 0 fully saturated rings. The minimum absolute atomic E-state index is 0.201. The Labute approximate surface area is 106 Å². The fraction of sp³-hybridized carbons (Fsp3) is 0.462. The third-order valence-electron chi connectivity index (χ3n) is 3.12. The van der Waals surface area contributed by atoms with Gasteiger partial charge in [-0.05, 0) is 25.0 Å². The lowest BCUT2D eigenvalue weighted by atomic mass is 9.97. The molecule has 0 radical (unpaired) electrons. The number of fused-ring (bicyclic) bond motifs is 1. The molecule has 3 nitrogen and oxygen atoms in total. The lowest BCUT2D eigenvalue weighted by Crippen LogP contribution is -2.52. The Morgan fingerprint density at radius 1 is 1.47 bits per heavy atom. The molecule has 0 spiro atoms. The Hall–Kier alpha value is -1.00. The second kappa shape index (κ2) is 4.70. The zero-order valence-electron chi connectivity index (χ0n) is 10.2. The van der Waals surface area contributed by atoms with E-state index in [2.05, 4.69) is 23.5 Å². The lowest BCUT2D eigenvalue weighted by Gasteiger charge is -2.33. The summed E-state index contributed by atoms with van der Waals surface area (Å²) in [6.07, 6.45) is 0. The zero-order chi connectivity index (χ0) is 12.5. The van der Waals surface area contributed by atoms with Crippen LogP contribution in [0.5, 0.6) is 0 Å². The van der Waals surface area contributed by atoms with Crippen LogP contribution in [0.25, 0.3) is 0 Å². The van der Waals surface area contributed by atoms with Crippen molar-refractivity contribution in [2.24, 2.45) is 5.73 Å². The number of nitrogens with one attached hydrogen (secondary N) is 1. The molecule has 92 valence electrons. The molecule has 2 rings (SSSR count). The first-order valence-electron chi connectivity index (χ1n) is 5.74. The van der Waals surface area contributed by atoms with Gasteiger partial charge in [0.1, 0.15) is 0 Å². The largest absolute Gasteiger partial charge is 0.368 e. The lowest BCUT2D eigenvalue weighted by molar-refractivity contribution is -0.123. The summed E-state index contributed by atoms with van der Waals surface area (Å²) in [5.41, 5.74) is 7.37. The van der Waals surface area contributed by atoms with E-state index in [0.717, 1.165) is 11.5 Å². The molecule has 3 N–H and O–H groups in total. The van der Waals surface area contributed by atoms with Crippen molar-refractivity contribution in [2.45, 2.75) is 31.2 Å². The van der Waals surface area contributed by atoms with Crippen molar-refractivity contribution >= 4 is 17.7 Å². The minimum atomic E-state index is -0.671. The van der Waals surface area contributed by atoms with E-state index in [0.29, 0.717) is 0 Å². The van der Waals surface area contributed by atoms with Crippen LogP contribution < -0.4 is 11.1 Å². The summed E-state index contributed by atoms with van der Waals surface area (Å²) < 4.78 is 0. The van der Waals surface area contributed by atoms with E-state index in [9.17, 15) is 4.79 Å². The highest BCUT2D eigenvalue weighted by Gasteiger charge is 2.30. The Morgan fingerprint density at radius 2 is 2.18 bits per heavy atom. The number of thioether (sulfide) groups is 1. The van der Waals surface area contributed by atoms with Crippen molar-refractivity contribution < 1.29 is 4.79 Å². The summed E-state index contributed by atoms with van der Waals surface area (Å²) in [5.74, 6) is 1.71. The molecular weight excluding hydrogens is 232 g/mol. The smallest absolute Gasteiger partial charge is 0.237 e. The van der Waals surface area contributed by atoms with E-state index in [1.54, 1.807) is 0 Å². The van der Waals surface area contributed by atoms with E-state index in [-0.39, 0.29) is 11.9 Å². The number of benzene rings is 1. The summed E-state index contributed by atoms with van der Waals surface area (Å²) >= 11 is 1.88. The van der Waals surface area contributed by atoms with Crippen molar-refractivity contribution in [1.82, 2.24) is 5.32 Å². The van der Waals surface area contributed by atoms with E-state index in [1.165, 1.54) is 11.1 Å². The number of nitrogens with two attached hydrogens (primary N) is 1. The van der Waals surface area contributed by atoms with E-state index >= 15 is 0 Å². The van der Waals surface area contributed by atoms with Gasteiger partial charge in [-0.1, -0.05) is 24.3 Å². The quantitative estimate of drug-likeness (QED) is 0.860. The first-order valence-corrected chi connectivity index (χ1v) is 6.89. The van der Waals surface area contributed by atoms with Crippen LogP contribution in [-0.4, -0.2) is 17.2 Å². The first kappa shape index (κ1) is 12.5. The zero-order valence-corrected chi connectivity index (χ0v) is 11.0. The van der Waals surface area contributed by atoms with E-state index in [4.69, 9.17) is 5.73 Å². The van der Waals surface area contributed by atoms with Crippen molar-refractivity contribution in [3.8, 4) is 0 Å². The van der Waals surface area contributed by atoms with Gasteiger partial charge < -0.3 is 5.73 Å².